The van der Waals surface area contributed by atoms with Crippen molar-refractivity contribution in [3.63, 3.8) is 0 Å². The maximum atomic E-state index is 13.9. The molecule has 2 amide bonds. The summed E-state index contributed by atoms with van der Waals surface area (Å²) in [6.07, 6.45) is 3.06. The van der Waals surface area contributed by atoms with E-state index in [9.17, 15) is 9.59 Å². The number of aromatic nitrogens is 2. The largest absolute Gasteiger partial charge is 0.497 e. The molecule has 0 bridgehead atoms. The average Bonchev–Trinajstić information content (AvgIpc) is 3.82. The summed E-state index contributed by atoms with van der Waals surface area (Å²) < 4.78 is 7.56. The fraction of sp³-hybridized carbons (Fsp3) is 0.382. The molecule has 224 valence electrons. The van der Waals surface area contributed by atoms with Crippen molar-refractivity contribution in [3.8, 4) is 27.7 Å². The minimum Gasteiger partial charge on any atom is -0.497 e. The molecule has 9 heteroatoms. The Balaban J connectivity index is 1.21. The van der Waals surface area contributed by atoms with Gasteiger partial charge in [-0.25, -0.2) is 4.98 Å². The van der Waals surface area contributed by atoms with E-state index in [-0.39, 0.29) is 11.8 Å². The Labute approximate surface area is 257 Å². The van der Waals surface area contributed by atoms with E-state index in [1.165, 1.54) is 5.56 Å². The number of likely N-dealkylation sites (tertiary alicyclic amines) is 1. The van der Waals surface area contributed by atoms with Gasteiger partial charge < -0.3 is 19.1 Å². The fourth-order valence-corrected chi connectivity index (χ4v) is 6.86. The third-order valence-electron chi connectivity index (χ3n) is 8.64. The van der Waals surface area contributed by atoms with E-state index in [0.717, 1.165) is 77.9 Å². The molecular weight excluding hydrogens is 558 g/mol. The topological polar surface area (TPSA) is 70.9 Å². The highest BCUT2D eigenvalue weighted by Crippen LogP contribution is 2.33. The minimum atomic E-state index is 0.0494. The van der Waals surface area contributed by atoms with E-state index >= 15 is 0 Å². The number of piperazine rings is 1. The molecule has 4 heterocycles. The third kappa shape index (κ3) is 6.53. The van der Waals surface area contributed by atoms with Gasteiger partial charge in [-0.15, -0.1) is 11.3 Å². The molecule has 8 nitrogen and oxygen atoms in total. The van der Waals surface area contributed by atoms with E-state index in [1.807, 2.05) is 53.1 Å². The Kier molecular flexibility index (Phi) is 8.90. The zero-order chi connectivity index (χ0) is 29.8. The summed E-state index contributed by atoms with van der Waals surface area (Å²) in [5.74, 6) is 1.08. The van der Waals surface area contributed by atoms with Gasteiger partial charge in [0.2, 0.25) is 5.91 Å². The number of hydrogen-bond donors (Lipinski definition) is 0. The van der Waals surface area contributed by atoms with Crippen molar-refractivity contribution in [1.82, 2.24) is 24.3 Å². The van der Waals surface area contributed by atoms with Gasteiger partial charge in [-0.3, -0.25) is 14.5 Å². The number of hydrogen-bond acceptors (Lipinski definition) is 6. The van der Waals surface area contributed by atoms with E-state index in [1.54, 1.807) is 18.4 Å². The van der Waals surface area contributed by atoms with Crippen LogP contribution in [-0.2, 0) is 17.8 Å². The zero-order valence-corrected chi connectivity index (χ0v) is 25.8. The van der Waals surface area contributed by atoms with Crippen molar-refractivity contribution < 1.29 is 14.3 Å². The summed E-state index contributed by atoms with van der Waals surface area (Å²) in [5, 5.41) is 3.01. The lowest BCUT2D eigenvalue weighted by atomic mass is 10.1. The quantitative estimate of drug-likeness (QED) is 0.265. The number of benzene rings is 2. The van der Waals surface area contributed by atoms with E-state index in [2.05, 4.69) is 39.1 Å². The molecule has 2 aliphatic heterocycles. The SMILES string of the molecule is COc1ccc(-c2nc(-c3cc(C(=O)N4CCN(CC(=O)N5CCCC5)CC4)c(C)n3CCc3ccccc3)cs2)cc1. The van der Waals surface area contributed by atoms with Crippen LogP contribution in [0.3, 0.4) is 0 Å². The Morgan fingerprint density at radius 3 is 2.33 bits per heavy atom. The smallest absolute Gasteiger partial charge is 0.255 e. The van der Waals surface area contributed by atoms with Crippen molar-refractivity contribution in [1.29, 1.82) is 0 Å². The van der Waals surface area contributed by atoms with Crippen LogP contribution in [0.2, 0.25) is 0 Å². The number of methoxy groups -OCH3 is 1. The molecule has 2 aromatic carbocycles. The Morgan fingerprint density at radius 1 is 0.907 bits per heavy atom. The van der Waals surface area contributed by atoms with Gasteiger partial charge in [0.05, 0.1) is 30.6 Å². The molecule has 6 rings (SSSR count). The van der Waals surface area contributed by atoms with Gasteiger partial charge in [0.15, 0.2) is 0 Å². The summed E-state index contributed by atoms with van der Waals surface area (Å²) >= 11 is 1.60. The monoisotopic (exact) mass is 597 g/mol. The molecule has 43 heavy (non-hydrogen) atoms. The van der Waals surface area contributed by atoms with Crippen molar-refractivity contribution in [3.05, 3.63) is 82.9 Å². The van der Waals surface area contributed by atoms with Crippen LogP contribution in [0.4, 0.5) is 0 Å². The first kappa shape index (κ1) is 29.1. The molecule has 2 aromatic heterocycles. The lowest BCUT2D eigenvalue weighted by Gasteiger charge is -2.35. The molecule has 2 saturated heterocycles. The second-order valence-electron chi connectivity index (χ2n) is 11.3. The molecule has 0 saturated carbocycles. The van der Waals surface area contributed by atoms with E-state index in [4.69, 9.17) is 9.72 Å². The van der Waals surface area contributed by atoms with E-state index < -0.39 is 0 Å². The predicted octanol–water partition coefficient (Wildman–Crippen LogP) is 5.22. The normalized spacial score (nSPS) is 15.7. The van der Waals surface area contributed by atoms with E-state index in [0.29, 0.717) is 32.7 Å². The van der Waals surface area contributed by atoms with Gasteiger partial charge in [0.25, 0.3) is 5.91 Å². The van der Waals surface area contributed by atoms with Gasteiger partial charge in [0.1, 0.15) is 10.8 Å². The van der Waals surface area contributed by atoms with Gasteiger partial charge in [-0.1, -0.05) is 30.3 Å². The van der Waals surface area contributed by atoms with Crippen LogP contribution in [-0.4, -0.2) is 89.0 Å². The van der Waals surface area contributed by atoms with Crippen molar-refractivity contribution in [2.75, 3.05) is 52.9 Å². The second kappa shape index (κ2) is 13.1. The molecule has 0 radical (unpaired) electrons. The summed E-state index contributed by atoms with van der Waals surface area (Å²) in [6.45, 7) is 7.65. The summed E-state index contributed by atoms with van der Waals surface area (Å²) in [6, 6.07) is 20.4. The first-order valence-electron chi connectivity index (χ1n) is 15.1. The number of amides is 2. The summed E-state index contributed by atoms with van der Waals surface area (Å²) in [4.78, 5) is 37.7. The molecular formula is C34H39N5O3S. The number of carbonyl (C=O) groups is 2. The number of aryl methyl sites for hydroxylation is 1. The van der Waals surface area contributed by atoms with Crippen LogP contribution < -0.4 is 4.74 Å². The lowest BCUT2D eigenvalue weighted by Crippen LogP contribution is -2.51. The maximum Gasteiger partial charge on any atom is 0.255 e. The first-order valence-corrected chi connectivity index (χ1v) is 16.0. The molecule has 2 aliphatic rings. The zero-order valence-electron chi connectivity index (χ0n) is 25.0. The van der Waals surface area contributed by atoms with Gasteiger partial charge in [0, 0.05) is 62.5 Å². The number of ether oxygens (including phenoxy) is 1. The average molecular weight is 598 g/mol. The number of rotatable bonds is 9. The Morgan fingerprint density at radius 2 is 1.63 bits per heavy atom. The Bertz CT molecular complexity index is 1550. The maximum absolute atomic E-state index is 13.9. The molecule has 0 N–H and O–H groups in total. The van der Waals surface area contributed by atoms with Crippen molar-refractivity contribution >= 4 is 23.2 Å². The third-order valence-corrected chi connectivity index (χ3v) is 9.54. The predicted molar refractivity (Wildman–Crippen MR) is 171 cm³/mol. The van der Waals surface area contributed by atoms with Crippen LogP contribution in [0.25, 0.3) is 22.0 Å². The number of carbonyl (C=O) groups excluding carboxylic acids is 2. The standard InChI is InChI=1S/C34H39N5O3S/c1-25-29(34(41)38-20-18-36(19-21-38)23-32(40)37-15-6-7-16-37)22-31(39(25)17-14-26-8-4-3-5-9-26)30-24-43-33(35-30)27-10-12-28(42-2)13-11-27/h3-5,8-13,22,24H,6-7,14-21,23H2,1-2H3. The highest BCUT2D eigenvalue weighted by atomic mass is 32.1. The number of nitrogens with zero attached hydrogens (tertiary/aromatic N) is 5. The van der Waals surface area contributed by atoms with Crippen LogP contribution in [0.1, 0.15) is 34.5 Å². The van der Waals surface area contributed by atoms with Crippen molar-refractivity contribution in [2.45, 2.75) is 32.7 Å². The molecule has 0 atom stereocenters. The summed E-state index contributed by atoms with van der Waals surface area (Å²) in [5.41, 5.74) is 5.81. The molecule has 0 unspecified atom stereocenters. The van der Waals surface area contributed by atoms with Crippen LogP contribution in [0.15, 0.2) is 66.0 Å². The Hall–Kier alpha value is -3.95. The van der Waals surface area contributed by atoms with Crippen molar-refractivity contribution in [2.24, 2.45) is 0 Å². The molecule has 4 aromatic rings. The first-order chi connectivity index (χ1) is 21.0. The van der Waals surface area contributed by atoms with Crippen LogP contribution in [0, 0.1) is 6.92 Å². The van der Waals surface area contributed by atoms with Gasteiger partial charge in [-0.2, -0.15) is 0 Å². The fourth-order valence-electron chi connectivity index (χ4n) is 6.04. The minimum absolute atomic E-state index is 0.0494. The number of thiazole rings is 1. The summed E-state index contributed by atoms with van der Waals surface area (Å²) in [7, 11) is 1.66. The molecule has 0 spiro atoms. The molecule has 2 fully saturated rings. The second-order valence-corrected chi connectivity index (χ2v) is 12.2. The lowest BCUT2D eigenvalue weighted by molar-refractivity contribution is -0.131. The highest BCUT2D eigenvalue weighted by molar-refractivity contribution is 7.13. The van der Waals surface area contributed by atoms with Gasteiger partial charge in [-0.05, 0) is 62.1 Å². The highest BCUT2D eigenvalue weighted by Gasteiger charge is 2.28. The van der Waals surface area contributed by atoms with Crippen LogP contribution >= 0.6 is 11.3 Å². The van der Waals surface area contributed by atoms with Crippen LogP contribution in [0.5, 0.6) is 5.75 Å². The molecule has 0 aliphatic carbocycles. The van der Waals surface area contributed by atoms with Gasteiger partial charge >= 0.3 is 0 Å².